The Morgan fingerprint density at radius 3 is 2.53 bits per heavy atom. The molecule has 110 valence electrons. The van der Waals surface area contributed by atoms with Crippen LogP contribution in [0.5, 0.6) is 0 Å². The van der Waals surface area contributed by atoms with Crippen LogP contribution in [-0.2, 0) is 4.79 Å². The summed E-state index contributed by atoms with van der Waals surface area (Å²) in [4.78, 5) is 16.9. The van der Waals surface area contributed by atoms with Gasteiger partial charge in [-0.3, -0.25) is 9.69 Å². The van der Waals surface area contributed by atoms with Crippen molar-refractivity contribution >= 4 is 5.91 Å². The summed E-state index contributed by atoms with van der Waals surface area (Å²) < 4.78 is 0. The van der Waals surface area contributed by atoms with Crippen LogP contribution in [0.25, 0.3) is 0 Å². The van der Waals surface area contributed by atoms with Crippen molar-refractivity contribution in [1.82, 2.24) is 9.80 Å². The molecule has 2 rings (SSSR count). The van der Waals surface area contributed by atoms with Gasteiger partial charge in [0.05, 0.1) is 6.54 Å². The summed E-state index contributed by atoms with van der Waals surface area (Å²) in [7, 11) is 0. The highest BCUT2D eigenvalue weighted by Crippen LogP contribution is 2.23. The van der Waals surface area contributed by atoms with Crippen LogP contribution < -0.4 is 5.73 Å². The van der Waals surface area contributed by atoms with Crippen molar-refractivity contribution in [2.24, 2.45) is 5.73 Å². The van der Waals surface area contributed by atoms with Crippen molar-refractivity contribution in [3.63, 3.8) is 0 Å². The van der Waals surface area contributed by atoms with E-state index in [-0.39, 0.29) is 0 Å². The number of likely N-dealkylation sites (tertiary alicyclic amines) is 2. The zero-order valence-corrected chi connectivity index (χ0v) is 12.5. The largest absolute Gasteiger partial charge is 0.339 e. The van der Waals surface area contributed by atoms with E-state index in [0.717, 1.165) is 25.8 Å². The summed E-state index contributed by atoms with van der Waals surface area (Å²) in [6.07, 6.45) is 7.15. The number of rotatable bonds is 3. The van der Waals surface area contributed by atoms with Gasteiger partial charge in [0.1, 0.15) is 0 Å². The quantitative estimate of drug-likeness (QED) is 0.845. The second kappa shape index (κ2) is 6.71. The van der Waals surface area contributed by atoms with E-state index in [1.807, 2.05) is 0 Å². The predicted octanol–water partition coefficient (Wildman–Crippen LogP) is 1.59. The SMILES string of the molecule is CC1CCCCN1C(=O)CN1C(C)CCCC1CN. The van der Waals surface area contributed by atoms with Gasteiger partial charge in [-0.15, -0.1) is 0 Å². The Morgan fingerprint density at radius 1 is 1.11 bits per heavy atom. The number of piperidine rings is 2. The maximum atomic E-state index is 12.5. The Labute approximate surface area is 117 Å². The number of hydrogen-bond donors (Lipinski definition) is 1. The van der Waals surface area contributed by atoms with E-state index in [2.05, 4.69) is 23.6 Å². The van der Waals surface area contributed by atoms with Crippen molar-refractivity contribution in [3.05, 3.63) is 0 Å². The van der Waals surface area contributed by atoms with Crippen LogP contribution in [0.4, 0.5) is 0 Å². The monoisotopic (exact) mass is 267 g/mol. The highest BCUT2D eigenvalue weighted by atomic mass is 16.2. The van der Waals surface area contributed by atoms with Crippen molar-refractivity contribution in [2.45, 2.75) is 70.5 Å². The number of amides is 1. The van der Waals surface area contributed by atoms with E-state index in [1.54, 1.807) is 0 Å². The van der Waals surface area contributed by atoms with Crippen molar-refractivity contribution in [2.75, 3.05) is 19.6 Å². The molecule has 2 fully saturated rings. The molecular formula is C15H29N3O. The van der Waals surface area contributed by atoms with E-state index < -0.39 is 0 Å². The molecule has 0 aromatic carbocycles. The van der Waals surface area contributed by atoms with Gasteiger partial charge in [0.15, 0.2) is 0 Å². The lowest BCUT2D eigenvalue weighted by Gasteiger charge is -2.42. The molecular weight excluding hydrogens is 238 g/mol. The van der Waals surface area contributed by atoms with Crippen LogP contribution in [0.15, 0.2) is 0 Å². The fourth-order valence-corrected chi connectivity index (χ4v) is 3.59. The van der Waals surface area contributed by atoms with Gasteiger partial charge in [0.2, 0.25) is 5.91 Å². The zero-order valence-electron chi connectivity index (χ0n) is 12.5. The molecule has 2 heterocycles. The molecule has 0 radical (unpaired) electrons. The average molecular weight is 267 g/mol. The second-order valence-corrected chi connectivity index (χ2v) is 6.27. The van der Waals surface area contributed by atoms with Crippen LogP contribution in [0, 0.1) is 0 Å². The lowest BCUT2D eigenvalue weighted by molar-refractivity contribution is -0.137. The topological polar surface area (TPSA) is 49.6 Å². The maximum Gasteiger partial charge on any atom is 0.237 e. The highest BCUT2D eigenvalue weighted by Gasteiger charge is 2.31. The highest BCUT2D eigenvalue weighted by molar-refractivity contribution is 5.78. The van der Waals surface area contributed by atoms with E-state index in [1.165, 1.54) is 19.3 Å². The smallest absolute Gasteiger partial charge is 0.237 e. The van der Waals surface area contributed by atoms with Gasteiger partial charge in [-0.1, -0.05) is 6.42 Å². The third-order valence-corrected chi connectivity index (χ3v) is 4.91. The summed E-state index contributed by atoms with van der Waals surface area (Å²) in [5.41, 5.74) is 5.87. The second-order valence-electron chi connectivity index (χ2n) is 6.27. The van der Waals surface area contributed by atoms with E-state index >= 15 is 0 Å². The van der Waals surface area contributed by atoms with Gasteiger partial charge in [0.25, 0.3) is 0 Å². The molecule has 3 unspecified atom stereocenters. The van der Waals surface area contributed by atoms with Crippen molar-refractivity contribution in [3.8, 4) is 0 Å². The van der Waals surface area contributed by atoms with Crippen molar-refractivity contribution in [1.29, 1.82) is 0 Å². The molecule has 1 amide bonds. The molecule has 2 N–H and O–H groups in total. The lowest BCUT2D eigenvalue weighted by Crippen LogP contribution is -2.54. The number of nitrogens with zero attached hydrogens (tertiary/aromatic N) is 2. The molecule has 0 aliphatic carbocycles. The Balaban J connectivity index is 1.95. The molecule has 0 bridgehead atoms. The van der Waals surface area contributed by atoms with Gasteiger partial charge in [-0.25, -0.2) is 0 Å². The van der Waals surface area contributed by atoms with Crippen LogP contribution in [0.2, 0.25) is 0 Å². The summed E-state index contributed by atoms with van der Waals surface area (Å²) in [5.74, 6) is 0.305. The molecule has 0 spiro atoms. The molecule has 2 aliphatic heterocycles. The molecule has 2 aliphatic rings. The number of hydrogen-bond acceptors (Lipinski definition) is 3. The molecule has 2 saturated heterocycles. The predicted molar refractivity (Wildman–Crippen MR) is 77.9 cm³/mol. The van der Waals surface area contributed by atoms with Gasteiger partial charge in [-0.2, -0.15) is 0 Å². The first-order valence-corrected chi connectivity index (χ1v) is 7.88. The molecule has 4 heteroatoms. The fourth-order valence-electron chi connectivity index (χ4n) is 3.59. The number of carbonyl (C=O) groups excluding carboxylic acids is 1. The molecule has 19 heavy (non-hydrogen) atoms. The summed E-state index contributed by atoms with van der Waals surface area (Å²) in [5, 5.41) is 0. The van der Waals surface area contributed by atoms with E-state index in [4.69, 9.17) is 5.73 Å². The average Bonchev–Trinajstić information content (AvgIpc) is 2.41. The maximum absolute atomic E-state index is 12.5. The first-order chi connectivity index (χ1) is 9.13. The van der Waals surface area contributed by atoms with E-state index in [9.17, 15) is 4.79 Å². The summed E-state index contributed by atoms with van der Waals surface area (Å²) >= 11 is 0. The molecule has 0 saturated carbocycles. The Kier molecular flexibility index (Phi) is 5.22. The standard InChI is InChI=1S/C15H29N3O/c1-12-6-3-4-9-17(12)15(19)11-18-13(2)7-5-8-14(18)10-16/h12-14H,3-11,16H2,1-2H3. The Hall–Kier alpha value is -0.610. The van der Waals surface area contributed by atoms with Gasteiger partial charge in [-0.05, 0) is 46.0 Å². The molecule has 4 nitrogen and oxygen atoms in total. The van der Waals surface area contributed by atoms with Gasteiger partial charge in [0, 0.05) is 31.2 Å². The number of carbonyl (C=O) groups is 1. The lowest BCUT2D eigenvalue weighted by atomic mass is 9.96. The minimum absolute atomic E-state index is 0.305. The molecule has 0 aromatic rings. The van der Waals surface area contributed by atoms with Crippen LogP contribution in [-0.4, -0.2) is 53.5 Å². The summed E-state index contributed by atoms with van der Waals surface area (Å²) in [6.45, 7) is 6.59. The first kappa shape index (κ1) is 14.8. The van der Waals surface area contributed by atoms with Crippen LogP contribution in [0.1, 0.15) is 52.4 Å². The minimum Gasteiger partial charge on any atom is -0.339 e. The van der Waals surface area contributed by atoms with Gasteiger partial charge < -0.3 is 10.6 Å². The Bertz CT molecular complexity index is 308. The van der Waals surface area contributed by atoms with Crippen molar-refractivity contribution < 1.29 is 4.79 Å². The van der Waals surface area contributed by atoms with Gasteiger partial charge >= 0.3 is 0 Å². The minimum atomic E-state index is 0.305. The van der Waals surface area contributed by atoms with E-state index in [0.29, 0.717) is 37.1 Å². The zero-order chi connectivity index (χ0) is 13.8. The summed E-state index contributed by atoms with van der Waals surface area (Å²) in [6, 6.07) is 1.30. The molecule has 3 atom stereocenters. The van der Waals surface area contributed by atoms with Crippen LogP contribution in [0.3, 0.4) is 0 Å². The third-order valence-electron chi connectivity index (χ3n) is 4.91. The Morgan fingerprint density at radius 2 is 1.84 bits per heavy atom. The fraction of sp³-hybridized carbons (Fsp3) is 0.933. The molecule has 0 aromatic heterocycles. The van der Waals surface area contributed by atoms with Crippen LogP contribution >= 0.6 is 0 Å². The third kappa shape index (κ3) is 3.48. The number of nitrogens with two attached hydrogens (primary N) is 1. The normalized spacial score (nSPS) is 33.4. The first-order valence-electron chi connectivity index (χ1n) is 7.88.